The maximum atomic E-state index is 13.0. The number of cyclic esters (lactones) is 1. The summed E-state index contributed by atoms with van der Waals surface area (Å²) in [5.74, 6) is -0.625. The Morgan fingerprint density at radius 3 is 2.38 bits per heavy atom. The molecule has 1 N–H and O–H groups in total. The lowest BCUT2D eigenvalue weighted by molar-refractivity contribution is -0.231. The van der Waals surface area contributed by atoms with E-state index in [1.807, 2.05) is 54.6 Å². The predicted octanol–water partition coefficient (Wildman–Crippen LogP) is 4.57. The van der Waals surface area contributed by atoms with Crippen molar-refractivity contribution in [3.63, 3.8) is 0 Å². The van der Waals surface area contributed by atoms with Crippen LogP contribution >= 0.6 is 0 Å². The van der Waals surface area contributed by atoms with Gasteiger partial charge in [0.25, 0.3) is 5.79 Å². The van der Waals surface area contributed by atoms with Crippen molar-refractivity contribution in [1.82, 2.24) is 0 Å². The maximum absolute atomic E-state index is 13.0. The van der Waals surface area contributed by atoms with E-state index >= 15 is 0 Å². The first kappa shape index (κ1) is 21.8. The molecule has 0 aliphatic carbocycles. The minimum atomic E-state index is -2.01. The van der Waals surface area contributed by atoms with Crippen molar-refractivity contribution >= 4 is 5.97 Å². The molecule has 2 aliphatic rings. The Labute approximate surface area is 196 Å². The van der Waals surface area contributed by atoms with Crippen molar-refractivity contribution in [3.8, 4) is 17.2 Å². The average Bonchev–Trinajstić information content (AvgIpc) is 3.47. The Bertz CT molecular complexity index is 1260. The molecule has 0 radical (unpaired) electrons. The quantitative estimate of drug-likeness (QED) is 0.410. The van der Waals surface area contributed by atoms with E-state index in [1.165, 1.54) is 0 Å². The smallest absolute Gasteiger partial charge is 0.345 e. The fourth-order valence-corrected chi connectivity index (χ4v) is 3.99. The van der Waals surface area contributed by atoms with E-state index in [2.05, 4.69) is 0 Å². The maximum Gasteiger partial charge on any atom is 0.345 e. The van der Waals surface area contributed by atoms with Gasteiger partial charge in [-0.1, -0.05) is 36.4 Å². The molecule has 0 saturated heterocycles. The molecule has 7 heteroatoms. The van der Waals surface area contributed by atoms with Crippen LogP contribution in [0, 0.1) is 0 Å². The Morgan fingerprint density at radius 1 is 0.941 bits per heavy atom. The molecular weight excluding hydrogens is 436 g/mol. The second kappa shape index (κ2) is 9.05. The lowest BCUT2D eigenvalue weighted by Crippen LogP contribution is -2.29. The molecule has 0 saturated carbocycles. The number of rotatable bonds is 7. The van der Waals surface area contributed by atoms with Crippen LogP contribution in [0.3, 0.4) is 0 Å². The number of aliphatic hydroxyl groups is 1. The largest absolute Gasteiger partial charge is 0.497 e. The van der Waals surface area contributed by atoms with E-state index in [0.717, 1.165) is 5.56 Å². The van der Waals surface area contributed by atoms with E-state index in [4.69, 9.17) is 24.0 Å². The van der Waals surface area contributed by atoms with Gasteiger partial charge in [-0.05, 0) is 54.1 Å². The third kappa shape index (κ3) is 4.03. The van der Waals surface area contributed by atoms with Gasteiger partial charge in [-0.15, -0.1) is 0 Å². The molecule has 172 valence electrons. The summed E-state index contributed by atoms with van der Waals surface area (Å²) in [4.78, 5) is 23.2. The summed E-state index contributed by atoms with van der Waals surface area (Å²) in [5, 5.41) is 11.7. The predicted molar refractivity (Wildman–Crippen MR) is 122 cm³/mol. The molecule has 0 spiro atoms. The van der Waals surface area contributed by atoms with Crippen LogP contribution in [-0.4, -0.2) is 24.8 Å². The van der Waals surface area contributed by atoms with Gasteiger partial charge in [-0.2, -0.15) is 4.89 Å². The van der Waals surface area contributed by atoms with Gasteiger partial charge in [0.1, 0.15) is 29.4 Å². The first-order chi connectivity index (χ1) is 16.6. The summed E-state index contributed by atoms with van der Waals surface area (Å²) in [5.41, 5.74) is 1.59. The normalized spacial score (nSPS) is 19.5. The van der Waals surface area contributed by atoms with E-state index in [0.29, 0.717) is 28.4 Å². The van der Waals surface area contributed by atoms with Crippen molar-refractivity contribution in [3.05, 3.63) is 113 Å². The van der Waals surface area contributed by atoms with Crippen LogP contribution in [0.4, 0.5) is 0 Å². The minimum Gasteiger partial charge on any atom is -0.497 e. The highest BCUT2D eigenvalue weighted by molar-refractivity contribution is 5.97. The molecule has 3 aromatic carbocycles. The van der Waals surface area contributed by atoms with Crippen molar-refractivity contribution < 1.29 is 33.9 Å². The van der Waals surface area contributed by atoms with Crippen LogP contribution in [0.1, 0.15) is 11.1 Å². The molecule has 7 nitrogen and oxygen atoms in total. The molecule has 0 fully saturated rings. The number of hydrogen-bond donors (Lipinski definition) is 1. The minimum absolute atomic E-state index is 0.130. The summed E-state index contributed by atoms with van der Waals surface area (Å²) in [6, 6.07) is 23.5. The second-order valence-electron chi connectivity index (χ2n) is 7.75. The van der Waals surface area contributed by atoms with Crippen molar-refractivity contribution in [2.24, 2.45) is 0 Å². The fraction of sp³-hybridized carbons (Fsp3) is 0.148. The van der Waals surface area contributed by atoms with Crippen molar-refractivity contribution in [2.75, 3.05) is 13.7 Å². The van der Waals surface area contributed by atoms with Gasteiger partial charge in [0, 0.05) is 17.6 Å². The molecule has 3 aromatic rings. The van der Waals surface area contributed by atoms with Gasteiger partial charge in [0.2, 0.25) is 0 Å². The Kier molecular flexibility index (Phi) is 5.79. The molecule has 2 aliphatic heterocycles. The zero-order chi connectivity index (χ0) is 23.5. The highest BCUT2D eigenvalue weighted by Crippen LogP contribution is 2.45. The molecule has 1 atom stereocenters. The lowest BCUT2D eigenvalue weighted by atomic mass is 9.89. The fourth-order valence-electron chi connectivity index (χ4n) is 3.99. The Hall–Kier alpha value is -4.07. The van der Waals surface area contributed by atoms with Gasteiger partial charge in [-0.25, -0.2) is 4.79 Å². The molecular formula is C27H22O7. The highest BCUT2D eigenvalue weighted by Gasteiger charge is 2.50. The van der Waals surface area contributed by atoms with Gasteiger partial charge >= 0.3 is 5.97 Å². The SMILES string of the molecule is COc1ccc(C2(O)OC(=O)C(C3=CCOO3)=C2Cc2ccccc2Oc2ccccc2)cc1. The number of methoxy groups -OCH3 is 1. The van der Waals surface area contributed by atoms with Crippen LogP contribution in [0.15, 0.2) is 102 Å². The van der Waals surface area contributed by atoms with Gasteiger partial charge in [0.15, 0.2) is 5.76 Å². The molecule has 5 rings (SSSR count). The van der Waals surface area contributed by atoms with Crippen molar-refractivity contribution in [1.29, 1.82) is 0 Å². The van der Waals surface area contributed by atoms with Gasteiger partial charge < -0.3 is 24.2 Å². The first-order valence-corrected chi connectivity index (χ1v) is 10.7. The van der Waals surface area contributed by atoms with Crippen LogP contribution in [-0.2, 0) is 31.5 Å². The van der Waals surface area contributed by atoms with E-state index in [1.54, 1.807) is 37.5 Å². The number of esters is 1. The molecule has 2 heterocycles. The molecule has 0 amide bonds. The van der Waals surface area contributed by atoms with Crippen LogP contribution < -0.4 is 9.47 Å². The molecule has 34 heavy (non-hydrogen) atoms. The number of benzene rings is 3. The summed E-state index contributed by atoms with van der Waals surface area (Å²) in [7, 11) is 1.55. The number of carbonyl (C=O) groups excluding carboxylic acids is 1. The first-order valence-electron chi connectivity index (χ1n) is 10.7. The highest BCUT2D eigenvalue weighted by atomic mass is 17.2. The Morgan fingerprint density at radius 2 is 1.68 bits per heavy atom. The Balaban J connectivity index is 1.59. The second-order valence-corrected chi connectivity index (χ2v) is 7.75. The summed E-state index contributed by atoms with van der Waals surface area (Å²) >= 11 is 0. The van der Waals surface area contributed by atoms with Crippen LogP contribution in [0.5, 0.6) is 17.2 Å². The van der Waals surface area contributed by atoms with Gasteiger partial charge in [-0.3, -0.25) is 0 Å². The summed E-state index contributed by atoms with van der Waals surface area (Å²) in [6.45, 7) is 0.189. The third-order valence-corrected chi connectivity index (χ3v) is 5.68. The number of carbonyl (C=O) groups is 1. The summed E-state index contributed by atoms with van der Waals surface area (Å²) in [6.07, 6.45) is 1.79. The zero-order valence-corrected chi connectivity index (χ0v) is 18.4. The van der Waals surface area contributed by atoms with Crippen molar-refractivity contribution in [2.45, 2.75) is 12.2 Å². The van der Waals surface area contributed by atoms with E-state index in [9.17, 15) is 9.90 Å². The van der Waals surface area contributed by atoms with Gasteiger partial charge in [0.05, 0.1) is 7.11 Å². The molecule has 0 aromatic heterocycles. The van der Waals surface area contributed by atoms with Crippen LogP contribution in [0.25, 0.3) is 0 Å². The molecule has 1 unspecified atom stereocenters. The monoisotopic (exact) mass is 458 g/mol. The standard InChI is InChI=1S/C27H22O7/c1-30-20-13-11-19(12-14-20)27(29)22(25(26(28)33-27)24-15-16-31-34-24)17-18-7-5-6-10-23(18)32-21-8-3-2-4-9-21/h2-15,29H,16-17H2,1H3. The average molecular weight is 458 g/mol. The zero-order valence-electron chi connectivity index (χ0n) is 18.4. The number of hydrogen-bond acceptors (Lipinski definition) is 7. The van der Waals surface area contributed by atoms with Crippen LogP contribution in [0.2, 0.25) is 0 Å². The topological polar surface area (TPSA) is 83.5 Å². The number of ether oxygens (including phenoxy) is 3. The van der Waals surface area contributed by atoms with E-state index in [-0.39, 0.29) is 24.4 Å². The molecule has 0 bridgehead atoms. The number of para-hydroxylation sites is 2. The third-order valence-electron chi connectivity index (χ3n) is 5.68. The summed E-state index contributed by atoms with van der Waals surface area (Å²) < 4.78 is 16.9. The van der Waals surface area contributed by atoms with E-state index < -0.39 is 11.8 Å². The lowest BCUT2D eigenvalue weighted by Gasteiger charge is -2.26.